The normalized spacial score (nSPS) is 34.9. The smallest absolute Gasteiger partial charge is 0.187 e. The van der Waals surface area contributed by atoms with Gasteiger partial charge in [0.15, 0.2) is 6.29 Å². The van der Waals surface area contributed by atoms with Gasteiger partial charge in [-0.05, 0) is 56.8 Å². The van der Waals surface area contributed by atoms with Crippen molar-refractivity contribution in [1.29, 1.82) is 0 Å². The molecule has 0 aromatic carbocycles. The van der Waals surface area contributed by atoms with Gasteiger partial charge in [0.05, 0.1) is 18.3 Å². The number of aliphatic hydroxyl groups excluding tert-OH is 1. The molecule has 1 saturated carbocycles. The topological polar surface area (TPSA) is 66.4 Å². The summed E-state index contributed by atoms with van der Waals surface area (Å²) in [5.74, 6) is 0.492. The molecule has 202 valence electrons. The zero-order valence-corrected chi connectivity index (χ0v) is 23.1. The summed E-state index contributed by atoms with van der Waals surface area (Å²) in [6.45, 7) is 17.3. The van der Waals surface area contributed by atoms with E-state index in [9.17, 15) is 5.11 Å². The first kappa shape index (κ1) is 30.0. The van der Waals surface area contributed by atoms with E-state index in [4.69, 9.17) is 23.7 Å². The molecule has 2 fully saturated rings. The molecule has 0 aromatic heterocycles. The molecule has 0 bridgehead atoms. The lowest BCUT2D eigenvalue weighted by Crippen LogP contribution is -2.61. The molecule has 6 nitrogen and oxygen atoms in total. The molecule has 1 aliphatic carbocycles. The Morgan fingerprint density at radius 2 is 1.32 bits per heavy atom. The number of hydrogen-bond donors (Lipinski definition) is 1. The van der Waals surface area contributed by atoms with E-state index in [1.165, 1.54) is 0 Å². The fraction of sp³-hybridized carbons (Fsp3) is 1.00. The fourth-order valence-corrected chi connectivity index (χ4v) is 5.01. The maximum Gasteiger partial charge on any atom is 0.187 e. The Bertz CT molecular complexity index is 535. The van der Waals surface area contributed by atoms with E-state index in [-0.39, 0.29) is 35.9 Å². The highest BCUT2D eigenvalue weighted by Crippen LogP contribution is 2.40. The Morgan fingerprint density at radius 1 is 0.794 bits per heavy atom. The van der Waals surface area contributed by atoms with Crippen molar-refractivity contribution in [3.05, 3.63) is 0 Å². The van der Waals surface area contributed by atoms with Crippen LogP contribution < -0.4 is 0 Å². The second kappa shape index (κ2) is 15.1. The summed E-state index contributed by atoms with van der Waals surface area (Å²) in [6, 6.07) is 0. The predicted molar refractivity (Wildman–Crippen MR) is 136 cm³/mol. The van der Waals surface area contributed by atoms with Gasteiger partial charge in [0, 0.05) is 19.8 Å². The lowest BCUT2D eigenvalue weighted by molar-refractivity contribution is -0.331. The number of hydrogen-bond acceptors (Lipinski definition) is 6. The SMILES string of the molecule is CCCCOC1C(OCCCC)[C@H](OCCCC)C(C)O[C@H]1O[C@H]1CC[C@H](C(C)(C)C)CC1O. The van der Waals surface area contributed by atoms with Crippen molar-refractivity contribution in [3.63, 3.8) is 0 Å². The minimum absolute atomic E-state index is 0.178. The fourth-order valence-electron chi connectivity index (χ4n) is 5.01. The molecule has 8 atom stereocenters. The molecule has 34 heavy (non-hydrogen) atoms. The molecule has 1 heterocycles. The van der Waals surface area contributed by atoms with Crippen molar-refractivity contribution < 1.29 is 28.8 Å². The highest BCUT2D eigenvalue weighted by Gasteiger charge is 2.49. The van der Waals surface area contributed by atoms with Crippen molar-refractivity contribution in [2.45, 2.75) is 149 Å². The molecule has 1 aliphatic heterocycles. The summed E-state index contributed by atoms with van der Waals surface area (Å²) in [6.07, 6.45) is 6.51. The van der Waals surface area contributed by atoms with Gasteiger partial charge < -0.3 is 28.8 Å². The number of unbranched alkanes of at least 4 members (excludes halogenated alkanes) is 3. The maximum absolute atomic E-state index is 11.0. The molecular formula is C28H54O6. The van der Waals surface area contributed by atoms with Gasteiger partial charge in [0.1, 0.15) is 18.3 Å². The first-order valence-electron chi connectivity index (χ1n) is 14.1. The molecule has 4 unspecified atom stereocenters. The van der Waals surface area contributed by atoms with Crippen molar-refractivity contribution >= 4 is 0 Å². The molecule has 2 aliphatic rings. The summed E-state index contributed by atoms with van der Waals surface area (Å²) in [5, 5.41) is 11.0. The highest BCUT2D eigenvalue weighted by atomic mass is 16.7. The van der Waals surface area contributed by atoms with Gasteiger partial charge >= 0.3 is 0 Å². The van der Waals surface area contributed by atoms with Gasteiger partial charge in [-0.2, -0.15) is 0 Å². The summed E-state index contributed by atoms with van der Waals surface area (Å²) in [7, 11) is 0. The van der Waals surface area contributed by atoms with Crippen LogP contribution in [0.1, 0.15) is 106 Å². The van der Waals surface area contributed by atoms with Gasteiger partial charge in [0.2, 0.25) is 0 Å². The van der Waals surface area contributed by atoms with Gasteiger partial charge in [0.25, 0.3) is 0 Å². The number of ether oxygens (including phenoxy) is 5. The lowest BCUT2D eigenvalue weighted by atomic mass is 9.71. The average molecular weight is 487 g/mol. The lowest BCUT2D eigenvalue weighted by Gasteiger charge is -2.47. The van der Waals surface area contributed by atoms with Crippen LogP contribution in [0.2, 0.25) is 0 Å². The first-order valence-corrected chi connectivity index (χ1v) is 14.1. The van der Waals surface area contributed by atoms with Crippen LogP contribution in [0.3, 0.4) is 0 Å². The minimum atomic E-state index is -0.574. The molecule has 0 aromatic rings. The highest BCUT2D eigenvalue weighted by molar-refractivity contribution is 4.93. The number of rotatable bonds is 14. The molecule has 0 radical (unpaired) electrons. The van der Waals surface area contributed by atoms with Crippen LogP contribution in [0, 0.1) is 11.3 Å². The third-order valence-electron chi connectivity index (χ3n) is 7.44. The minimum Gasteiger partial charge on any atom is -0.390 e. The molecule has 0 amide bonds. The summed E-state index contributed by atoms with van der Waals surface area (Å²) < 4.78 is 32.0. The van der Waals surface area contributed by atoms with Crippen molar-refractivity contribution in [3.8, 4) is 0 Å². The molecule has 1 saturated heterocycles. The molecule has 1 N–H and O–H groups in total. The predicted octanol–water partition coefficient (Wildman–Crippen LogP) is 5.88. The third kappa shape index (κ3) is 9.01. The quantitative estimate of drug-likeness (QED) is 0.309. The standard InChI is InChI=1S/C28H54O6/c1-8-11-16-30-24-20(4)33-27(26(32-18-13-10-3)25(24)31-17-12-9-2)34-23-15-14-21(19-22(23)29)28(5,6)7/h20-27,29H,8-19H2,1-7H3/t20?,21-,22?,23-,24+,25?,26?,27-/m0/s1. The Labute approximate surface area is 209 Å². The average Bonchev–Trinajstić information content (AvgIpc) is 2.78. The van der Waals surface area contributed by atoms with E-state index in [0.717, 1.165) is 57.8 Å². The second-order valence-electron chi connectivity index (χ2n) is 11.4. The first-order chi connectivity index (χ1) is 16.2. The van der Waals surface area contributed by atoms with E-state index >= 15 is 0 Å². The second-order valence-corrected chi connectivity index (χ2v) is 11.4. The zero-order chi connectivity index (χ0) is 25.1. The van der Waals surface area contributed by atoms with Gasteiger partial charge in [-0.25, -0.2) is 0 Å². The van der Waals surface area contributed by atoms with E-state index < -0.39 is 12.4 Å². The van der Waals surface area contributed by atoms with E-state index in [0.29, 0.717) is 25.7 Å². The largest absolute Gasteiger partial charge is 0.390 e. The van der Waals surface area contributed by atoms with E-state index in [2.05, 4.69) is 41.5 Å². The van der Waals surface area contributed by atoms with Crippen LogP contribution in [0.25, 0.3) is 0 Å². The van der Waals surface area contributed by atoms with Gasteiger partial charge in [-0.1, -0.05) is 60.8 Å². The van der Waals surface area contributed by atoms with Crippen LogP contribution in [-0.4, -0.2) is 67.8 Å². The third-order valence-corrected chi connectivity index (χ3v) is 7.44. The Hall–Kier alpha value is -0.240. The van der Waals surface area contributed by atoms with Crippen LogP contribution in [0.4, 0.5) is 0 Å². The summed E-state index contributed by atoms with van der Waals surface area (Å²) >= 11 is 0. The zero-order valence-electron chi connectivity index (χ0n) is 23.1. The summed E-state index contributed by atoms with van der Waals surface area (Å²) in [5.41, 5.74) is 0.189. The van der Waals surface area contributed by atoms with Gasteiger partial charge in [-0.15, -0.1) is 0 Å². The van der Waals surface area contributed by atoms with Crippen LogP contribution in [0.5, 0.6) is 0 Å². The number of aliphatic hydroxyl groups is 1. The van der Waals surface area contributed by atoms with E-state index in [1.807, 2.05) is 6.92 Å². The van der Waals surface area contributed by atoms with Crippen molar-refractivity contribution in [2.24, 2.45) is 11.3 Å². The van der Waals surface area contributed by atoms with E-state index in [1.54, 1.807) is 0 Å². The molecule has 6 heteroatoms. The van der Waals surface area contributed by atoms with Crippen LogP contribution >= 0.6 is 0 Å². The molecular weight excluding hydrogens is 432 g/mol. The molecule has 0 spiro atoms. The van der Waals surface area contributed by atoms with Crippen molar-refractivity contribution in [2.75, 3.05) is 19.8 Å². The van der Waals surface area contributed by atoms with Crippen LogP contribution in [0.15, 0.2) is 0 Å². The Balaban J connectivity index is 2.16. The van der Waals surface area contributed by atoms with Gasteiger partial charge in [-0.3, -0.25) is 0 Å². The van der Waals surface area contributed by atoms with Crippen LogP contribution in [-0.2, 0) is 23.7 Å². The van der Waals surface area contributed by atoms with Crippen molar-refractivity contribution in [1.82, 2.24) is 0 Å². The Kier molecular flexibility index (Phi) is 13.3. The summed E-state index contributed by atoms with van der Waals surface area (Å²) in [4.78, 5) is 0. The molecule has 2 rings (SSSR count). The monoisotopic (exact) mass is 486 g/mol. The Morgan fingerprint density at radius 3 is 1.82 bits per heavy atom. The maximum atomic E-state index is 11.0.